The lowest BCUT2D eigenvalue weighted by Crippen LogP contribution is -2.68. The highest BCUT2D eigenvalue weighted by Crippen LogP contribution is 2.34. The topological polar surface area (TPSA) is 40.6 Å². The molecule has 4 nitrogen and oxygen atoms in total. The van der Waals surface area contributed by atoms with Gasteiger partial charge in [0.05, 0.1) is 6.42 Å². The minimum atomic E-state index is -0.654. The van der Waals surface area contributed by atoms with Gasteiger partial charge in [0.15, 0.2) is 0 Å². The predicted molar refractivity (Wildman–Crippen MR) is 111 cm³/mol. The van der Waals surface area contributed by atoms with Crippen molar-refractivity contribution in [2.24, 2.45) is 0 Å². The molecule has 0 aromatic heterocycles. The molecule has 1 atom stereocenters. The Hall–Kier alpha value is -2.62. The van der Waals surface area contributed by atoms with Crippen LogP contribution in [0.15, 0.2) is 54.6 Å². The first kappa shape index (κ1) is 18.7. The highest BCUT2D eigenvalue weighted by Gasteiger charge is 2.50. The van der Waals surface area contributed by atoms with Gasteiger partial charge >= 0.3 is 0 Å². The summed E-state index contributed by atoms with van der Waals surface area (Å²) in [7, 11) is 0. The number of carbonyl (C=O) groups is 2. The van der Waals surface area contributed by atoms with Crippen LogP contribution in [0.1, 0.15) is 38.2 Å². The van der Waals surface area contributed by atoms with Gasteiger partial charge in [-0.3, -0.25) is 9.59 Å². The summed E-state index contributed by atoms with van der Waals surface area (Å²) in [6, 6.07) is 18.4. The van der Waals surface area contributed by atoms with Crippen LogP contribution in [0.3, 0.4) is 0 Å². The summed E-state index contributed by atoms with van der Waals surface area (Å²) >= 11 is 0. The first-order chi connectivity index (χ1) is 13.6. The Kier molecular flexibility index (Phi) is 5.21. The second-order valence-corrected chi connectivity index (χ2v) is 8.16. The highest BCUT2D eigenvalue weighted by atomic mass is 16.2. The molecule has 146 valence electrons. The molecule has 2 aliphatic rings. The van der Waals surface area contributed by atoms with Crippen molar-refractivity contribution in [2.45, 2.75) is 44.6 Å². The van der Waals surface area contributed by atoms with Gasteiger partial charge in [0.25, 0.3) is 0 Å². The lowest BCUT2D eigenvalue weighted by molar-refractivity contribution is -0.164. The zero-order chi connectivity index (χ0) is 19.6. The Labute approximate surface area is 167 Å². The molecule has 0 radical (unpaired) electrons. The standard InChI is InChI=1S/C24H28N2O2/c1-24(23(28)25-15-6-3-7-16-25)14-17-26(24)22(27)18-19-10-12-21(13-11-19)20-8-4-2-5-9-20/h2,4-5,8-13H,3,6-7,14-18H2,1H3. The number of benzene rings is 2. The van der Waals surface area contributed by atoms with Gasteiger partial charge in [-0.25, -0.2) is 0 Å². The van der Waals surface area contributed by atoms with Gasteiger partial charge in [-0.1, -0.05) is 54.6 Å². The Morgan fingerprint density at radius 1 is 0.857 bits per heavy atom. The van der Waals surface area contributed by atoms with Gasteiger partial charge in [0.1, 0.15) is 5.54 Å². The van der Waals surface area contributed by atoms with Crippen molar-refractivity contribution in [3.05, 3.63) is 60.2 Å². The summed E-state index contributed by atoms with van der Waals surface area (Å²) in [6.07, 6.45) is 4.45. The van der Waals surface area contributed by atoms with Crippen molar-refractivity contribution in [3.8, 4) is 11.1 Å². The Morgan fingerprint density at radius 2 is 1.50 bits per heavy atom. The Balaban J connectivity index is 1.41. The minimum absolute atomic E-state index is 0.0478. The van der Waals surface area contributed by atoms with Crippen molar-refractivity contribution in [1.82, 2.24) is 9.80 Å². The number of rotatable bonds is 4. The summed E-state index contributed by atoms with van der Waals surface area (Å²) in [6.45, 7) is 4.27. The van der Waals surface area contributed by atoms with Crippen LogP contribution in [0.25, 0.3) is 11.1 Å². The number of hydrogen-bond acceptors (Lipinski definition) is 2. The first-order valence-electron chi connectivity index (χ1n) is 10.3. The number of amides is 2. The van der Waals surface area contributed by atoms with Crippen molar-refractivity contribution in [2.75, 3.05) is 19.6 Å². The van der Waals surface area contributed by atoms with E-state index in [1.54, 1.807) is 4.90 Å². The molecular formula is C24H28N2O2. The smallest absolute Gasteiger partial charge is 0.248 e. The number of likely N-dealkylation sites (tertiary alicyclic amines) is 2. The zero-order valence-electron chi connectivity index (χ0n) is 16.6. The van der Waals surface area contributed by atoms with Crippen LogP contribution >= 0.6 is 0 Å². The summed E-state index contributed by atoms with van der Waals surface area (Å²) in [5.74, 6) is 0.179. The van der Waals surface area contributed by atoms with Crippen LogP contribution in [-0.4, -0.2) is 46.8 Å². The minimum Gasteiger partial charge on any atom is -0.341 e. The molecule has 2 saturated heterocycles. The molecule has 0 aliphatic carbocycles. The molecule has 2 aliphatic heterocycles. The highest BCUT2D eigenvalue weighted by molar-refractivity contribution is 5.93. The molecule has 4 rings (SSSR count). The SMILES string of the molecule is CC1(C(=O)N2CCCCC2)CCN1C(=O)Cc1ccc(-c2ccccc2)cc1. The van der Waals surface area contributed by atoms with Gasteiger partial charge in [-0.05, 0) is 49.3 Å². The van der Waals surface area contributed by atoms with Crippen molar-refractivity contribution < 1.29 is 9.59 Å². The van der Waals surface area contributed by atoms with Gasteiger partial charge in [0.2, 0.25) is 11.8 Å². The monoisotopic (exact) mass is 376 g/mol. The molecule has 0 spiro atoms. The fraction of sp³-hybridized carbons (Fsp3) is 0.417. The Morgan fingerprint density at radius 3 is 2.11 bits per heavy atom. The maximum absolute atomic E-state index is 13.0. The van der Waals surface area contributed by atoms with Crippen LogP contribution in [0, 0.1) is 0 Å². The number of nitrogens with zero attached hydrogens (tertiary/aromatic N) is 2. The van der Waals surface area contributed by atoms with Gasteiger partial charge in [0, 0.05) is 19.6 Å². The molecule has 2 amide bonds. The van der Waals surface area contributed by atoms with E-state index in [0.29, 0.717) is 13.0 Å². The zero-order valence-corrected chi connectivity index (χ0v) is 16.6. The van der Waals surface area contributed by atoms with Crippen LogP contribution in [0.2, 0.25) is 0 Å². The number of carbonyl (C=O) groups excluding carboxylic acids is 2. The summed E-state index contributed by atoms with van der Waals surface area (Å²) in [4.78, 5) is 29.7. The fourth-order valence-electron chi connectivity index (χ4n) is 4.33. The molecule has 0 bridgehead atoms. The van der Waals surface area contributed by atoms with Crippen LogP contribution < -0.4 is 0 Å². The van der Waals surface area contributed by atoms with E-state index >= 15 is 0 Å². The summed E-state index contributed by atoms with van der Waals surface area (Å²) in [5, 5.41) is 0. The molecule has 2 fully saturated rings. The second kappa shape index (κ2) is 7.78. The lowest BCUT2D eigenvalue weighted by atomic mass is 9.84. The fourth-order valence-corrected chi connectivity index (χ4v) is 4.33. The van der Waals surface area contributed by atoms with Gasteiger partial charge in [-0.2, -0.15) is 0 Å². The van der Waals surface area contributed by atoms with E-state index in [9.17, 15) is 9.59 Å². The van der Waals surface area contributed by atoms with E-state index < -0.39 is 5.54 Å². The summed E-state index contributed by atoms with van der Waals surface area (Å²) < 4.78 is 0. The number of hydrogen-bond donors (Lipinski definition) is 0. The first-order valence-corrected chi connectivity index (χ1v) is 10.3. The summed E-state index contributed by atoms with van der Waals surface area (Å²) in [5.41, 5.74) is 2.65. The third kappa shape index (κ3) is 3.56. The van der Waals surface area contributed by atoms with Crippen LogP contribution in [-0.2, 0) is 16.0 Å². The maximum atomic E-state index is 13.0. The Bertz CT molecular complexity index is 841. The average molecular weight is 377 g/mol. The molecule has 4 heteroatoms. The van der Waals surface area contributed by atoms with Crippen molar-refractivity contribution in [3.63, 3.8) is 0 Å². The van der Waals surface area contributed by atoms with Crippen LogP contribution in [0.4, 0.5) is 0 Å². The third-order valence-electron chi connectivity index (χ3n) is 6.24. The predicted octanol–water partition coefficient (Wildman–Crippen LogP) is 3.90. The van der Waals surface area contributed by atoms with Crippen molar-refractivity contribution >= 4 is 11.8 Å². The third-order valence-corrected chi connectivity index (χ3v) is 6.24. The second-order valence-electron chi connectivity index (χ2n) is 8.16. The van der Waals surface area contributed by atoms with Crippen molar-refractivity contribution in [1.29, 1.82) is 0 Å². The lowest BCUT2D eigenvalue weighted by Gasteiger charge is -2.51. The normalized spacial score (nSPS) is 21.9. The molecule has 1 unspecified atom stereocenters. The molecular weight excluding hydrogens is 348 g/mol. The van der Waals surface area contributed by atoms with E-state index in [4.69, 9.17) is 0 Å². The molecule has 2 heterocycles. The number of piperidine rings is 1. The molecule has 0 N–H and O–H groups in total. The molecule has 2 aromatic rings. The quantitative estimate of drug-likeness (QED) is 0.812. The molecule has 28 heavy (non-hydrogen) atoms. The van der Waals surface area contributed by atoms with E-state index in [-0.39, 0.29) is 11.8 Å². The van der Waals surface area contributed by atoms with Gasteiger partial charge < -0.3 is 9.80 Å². The van der Waals surface area contributed by atoms with Gasteiger partial charge in [-0.15, -0.1) is 0 Å². The van der Waals surface area contributed by atoms with E-state index in [0.717, 1.165) is 43.5 Å². The average Bonchev–Trinajstić information content (AvgIpc) is 2.73. The largest absolute Gasteiger partial charge is 0.341 e. The molecule has 2 aromatic carbocycles. The van der Waals surface area contributed by atoms with E-state index in [1.807, 2.05) is 42.2 Å². The molecule has 0 saturated carbocycles. The van der Waals surface area contributed by atoms with Crippen LogP contribution in [0.5, 0.6) is 0 Å². The van der Waals surface area contributed by atoms with E-state index in [1.165, 1.54) is 12.0 Å². The maximum Gasteiger partial charge on any atom is 0.248 e. The van der Waals surface area contributed by atoms with E-state index in [2.05, 4.69) is 24.3 Å².